The predicted octanol–water partition coefficient (Wildman–Crippen LogP) is 2.16. The highest BCUT2D eigenvalue weighted by Crippen LogP contribution is 2.12. The number of hydrogen-bond donors (Lipinski definition) is 1. The monoisotopic (exact) mass is 203 g/mol. The van der Waals surface area contributed by atoms with Crippen LogP contribution in [0.25, 0.3) is 11.0 Å². The van der Waals surface area contributed by atoms with E-state index in [2.05, 4.69) is 22.5 Å². The highest BCUT2D eigenvalue weighted by atomic mass is 15.1. The molecule has 15 heavy (non-hydrogen) atoms. The molecule has 80 valence electrons. The van der Waals surface area contributed by atoms with Crippen LogP contribution in [0.4, 0.5) is 0 Å². The normalized spacial score (nSPS) is 13.2. The molecule has 3 nitrogen and oxygen atoms in total. The van der Waals surface area contributed by atoms with Gasteiger partial charge in [0.1, 0.15) is 0 Å². The predicted molar refractivity (Wildman–Crippen MR) is 62.6 cm³/mol. The summed E-state index contributed by atoms with van der Waals surface area (Å²) < 4.78 is 2.13. The van der Waals surface area contributed by atoms with Crippen LogP contribution in [0.3, 0.4) is 0 Å². The van der Waals surface area contributed by atoms with Crippen molar-refractivity contribution in [2.24, 2.45) is 5.73 Å². The maximum Gasteiger partial charge on any atom is 0.0958 e. The molecule has 2 rings (SSSR count). The molecule has 3 heteroatoms. The summed E-state index contributed by atoms with van der Waals surface area (Å²) in [5.74, 6) is 0. The Morgan fingerprint density at radius 1 is 1.40 bits per heavy atom. The third-order valence-electron chi connectivity index (χ3n) is 2.62. The third kappa shape index (κ3) is 2.18. The highest BCUT2D eigenvalue weighted by molar-refractivity contribution is 5.74. The lowest BCUT2D eigenvalue weighted by Crippen LogP contribution is -2.25. The molecule has 1 unspecified atom stereocenters. The average Bonchev–Trinajstić information content (AvgIpc) is 2.62. The van der Waals surface area contributed by atoms with Gasteiger partial charge in [-0.25, -0.2) is 4.98 Å². The summed E-state index contributed by atoms with van der Waals surface area (Å²) in [4.78, 5) is 4.34. The van der Waals surface area contributed by atoms with Crippen LogP contribution in [0.2, 0.25) is 0 Å². The topological polar surface area (TPSA) is 43.8 Å². The zero-order valence-corrected chi connectivity index (χ0v) is 9.06. The van der Waals surface area contributed by atoms with Gasteiger partial charge in [-0.05, 0) is 18.6 Å². The number of hydrogen-bond acceptors (Lipinski definition) is 2. The zero-order valence-electron chi connectivity index (χ0n) is 9.06. The number of nitrogens with two attached hydrogens (primary N) is 1. The first-order chi connectivity index (χ1) is 7.31. The van der Waals surface area contributed by atoms with Gasteiger partial charge >= 0.3 is 0 Å². The Morgan fingerprint density at radius 3 is 3.00 bits per heavy atom. The standard InChI is InChI=1S/C12H17N3/c1-2-5-10(13)8-15-9-14-11-6-3-4-7-12(11)15/h3-4,6-7,9-10H,2,5,8,13H2,1H3. The summed E-state index contributed by atoms with van der Waals surface area (Å²) in [7, 11) is 0. The first kappa shape index (κ1) is 10.2. The molecular formula is C12H17N3. The van der Waals surface area contributed by atoms with Gasteiger partial charge in [0, 0.05) is 12.6 Å². The second-order valence-corrected chi connectivity index (χ2v) is 3.93. The first-order valence-corrected chi connectivity index (χ1v) is 5.46. The fourth-order valence-electron chi connectivity index (χ4n) is 1.87. The fourth-order valence-corrected chi connectivity index (χ4v) is 1.87. The van der Waals surface area contributed by atoms with Crippen LogP contribution in [0.1, 0.15) is 19.8 Å². The maximum atomic E-state index is 6.02. The van der Waals surface area contributed by atoms with Crippen molar-refractivity contribution in [1.82, 2.24) is 9.55 Å². The zero-order chi connectivity index (χ0) is 10.7. The van der Waals surface area contributed by atoms with Gasteiger partial charge < -0.3 is 10.3 Å². The van der Waals surface area contributed by atoms with Crippen LogP contribution in [0.15, 0.2) is 30.6 Å². The lowest BCUT2D eigenvalue weighted by Gasteiger charge is -2.11. The van der Waals surface area contributed by atoms with Gasteiger partial charge in [0.15, 0.2) is 0 Å². The molecule has 1 aromatic heterocycles. The van der Waals surface area contributed by atoms with E-state index in [1.54, 1.807) is 0 Å². The minimum Gasteiger partial charge on any atom is -0.329 e. The summed E-state index contributed by atoms with van der Waals surface area (Å²) in [6.45, 7) is 3.01. The van der Waals surface area contributed by atoms with Crippen molar-refractivity contribution in [1.29, 1.82) is 0 Å². The van der Waals surface area contributed by atoms with E-state index in [4.69, 9.17) is 5.73 Å². The van der Waals surface area contributed by atoms with Crippen LogP contribution >= 0.6 is 0 Å². The van der Waals surface area contributed by atoms with Crippen molar-refractivity contribution >= 4 is 11.0 Å². The van der Waals surface area contributed by atoms with E-state index in [0.29, 0.717) is 0 Å². The molecule has 0 saturated heterocycles. The summed E-state index contributed by atoms with van der Waals surface area (Å²) >= 11 is 0. The second-order valence-electron chi connectivity index (χ2n) is 3.93. The van der Waals surface area contributed by atoms with E-state index in [1.807, 2.05) is 24.5 Å². The maximum absolute atomic E-state index is 6.02. The van der Waals surface area contributed by atoms with Crippen LogP contribution in [0.5, 0.6) is 0 Å². The Bertz CT molecular complexity index is 433. The van der Waals surface area contributed by atoms with Crippen molar-refractivity contribution in [3.8, 4) is 0 Å². The largest absolute Gasteiger partial charge is 0.329 e. The van der Waals surface area contributed by atoms with Crippen molar-refractivity contribution in [3.05, 3.63) is 30.6 Å². The third-order valence-corrected chi connectivity index (χ3v) is 2.62. The van der Waals surface area contributed by atoms with Crippen molar-refractivity contribution in [3.63, 3.8) is 0 Å². The minimum atomic E-state index is 0.229. The van der Waals surface area contributed by atoms with E-state index in [-0.39, 0.29) is 6.04 Å². The van der Waals surface area contributed by atoms with Crippen molar-refractivity contribution in [2.75, 3.05) is 0 Å². The van der Waals surface area contributed by atoms with E-state index in [0.717, 1.165) is 24.9 Å². The quantitative estimate of drug-likeness (QED) is 0.827. The highest BCUT2D eigenvalue weighted by Gasteiger charge is 2.05. The summed E-state index contributed by atoms with van der Waals surface area (Å²) in [6, 6.07) is 8.38. The van der Waals surface area contributed by atoms with Crippen LogP contribution in [0, 0.1) is 0 Å². The molecule has 0 radical (unpaired) electrons. The van der Waals surface area contributed by atoms with Gasteiger partial charge in [0.25, 0.3) is 0 Å². The lowest BCUT2D eigenvalue weighted by molar-refractivity contribution is 0.521. The molecular weight excluding hydrogens is 186 g/mol. The van der Waals surface area contributed by atoms with Crippen LogP contribution in [-0.2, 0) is 6.54 Å². The summed E-state index contributed by atoms with van der Waals surface area (Å²) in [5.41, 5.74) is 8.23. The van der Waals surface area contributed by atoms with Crippen molar-refractivity contribution < 1.29 is 0 Å². The van der Waals surface area contributed by atoms with Gasteiger partial charge in [0.2, 0.25) is 0 Å². The number of benzene rings is 1. The Kier molecular flexibility index (Phi) is 3.02. The molecule has 0 spiro atoms. The number of rotatable bonds is 4. The molecule has 0 saturated carbocycles. The van der Waals surface area contributed by atoms with Crippen molar-refractivity contribution in [2.45, 2.75) is 32.4 Å². The SMILES string of the molecule is CCCC(N)Cn1cnc2ccccc21. The number of nitrogens with zero attached hydrogens (tertiary/aromatic N) is 2. The summed E-state index contributed by atoms with van der Waals surface area (Å²) in [5, 5.41) is 0. The molecule has 0 bridgehead atoms. The Balaban J connectivity index is 2.21. The molecule has 2 N–H and O–H groups in total. The van der Waals surface area contributed by atoms with Crippen LogP contribution < -0.4 is 5.73 Å². The average molecular weight is 203 g/mol. The van der Waals surface area contributed by atoms with Gasteiger partial charge in [-0.15, -0.1) is 0 Å². The van der Waals surface area contributed by atoms with Gasteiger partial charge in [-0.1, -0.05) is 25.5 Å². The minimum absolute atomic E-state index is 0.229. The van der Waals surface area contributed by atoms with E-state index < -0.39 is 0 Å². The molecule has 0 aliphatic rings. The molecule has 2 aromatic rings. The molecule has 1 atom stereocenters. The van der Waals surface area contributed by atoms with Gasteiger partial charge in [-0.2, -0.15) is 0 Å². The number of imidazole rings is 1. The number of aromatic nitrogens is 2. The van der Waals surface area contributed by atoms with E-state index in [1.165, 1.54) is 5.52 Å². The number of fused-ring (bicyclic) bond motifs is 1. The number of para-hydroxylation sites is 2. The molecule has 0 aliphatic carbocycles. The van der Waals surface area contributed by atoms with Gasteiger partial charge in [0.05, 0.1) is 17.4 Å². The van der Waals surface area contributed by atoms with E-state index >= 15 is 0 Å². The summed E-state index contributed by atoms with van der Waals surface area (Å²) in [6.07, 6.45) is 4.07. The van der Waals surface area contributed by atoms with Gasteiger partial charge in [-0.3, -0.25) is 0 Å². The Labute approximate surface area is 89.9 Å². The first-order valence-electron chi connectivity index (χ1n) is 5.46. The molecule has 0 aliphatic heterocycles. The fraction of sp³-hybridized carbons (Fsp3) is 0.417. The van der Waals surface area contributed by atoms with E-state index in [9.17, 15) is 0 Å². The lowest BCUT2D eigenvalue weighted by atomic mass is 10.2. The molecule has 0 amide bonds. The molecule has 1 heterocycles. The second kappa shape index (κ2) is 4.45. The van der Waals surface area contributed by atoms with Crippen LogP contribution in [-0.4, -0.2) is 15.6 Å². The molecule has 0 fully saturated rings. The molecule has 1 aromatic carbocycles. The Hall–Kier alpha value is -1.35. The smallest absolute Gasteiger partial charge is 0.0958 e. The Morgan fingerprint density at radius 2 is 2.20 bits per heavy atom.